The lowest BCUT2D eigenvalue weighted by molar-refractivity contribution is -0.125. The summed E-state index contributed by atoms with van der Waals surface area (Å²) in [5.41, 5.74) is 0.846. The van der Waals surface area contributed by atoms with Crippen LogP contribution in [0.1, 0.15) is 23.2 Å². The summed E-state index contributed by atoms with van der Waals surface area (Å²) in [5.74, 6) is -0.471. The topological polar surface area (TPSA) is 112 Å². The third-order valence-electron chi connectivity index (χ3n) is 4.39. The number of urea groups is 1. The smallest absolute Gasteiger partial charge is 0.326 e. The number of rotatable bonds is 7. The molecule has 1 fully saturated rings. The summed E-state index contributed by atoms with van der Waals surface area (Å²) in [6, 6.07) is 9.62. The van der Waals surface area contributed by atoms with E-state index in [1.807, 2.05) is 0 Å². The second-order valence-corrected chi connectivity index (χ2v) is 7.65. The normalized spacial score (nSPS) is 13.5. The van der Waals surface area contributed by atoms with Gasteiger partial charge in [0.25, 0.3) is 5.91 Å². The van der Waals surface area contributed by atoms with E-state index in [1.165, 1.54) is 4.90 Å². The molecule has 2 heterocycles. The zero-order valence-corrected chi connectivity index (χ0v) is 17.8. The summed E-state index contributed by atoms with van der Waals surface area (Å²) in [7, 11) is 1.56. The lowest BCUT2D eigenvalue weighted by atomic mass is 10.2. The number of hydrogen-bond donors (Lipinski definition) is 2. The highest BCUT2D eigenvalue weighted by molar-refractivity contribution is 9.10. The Balaban J connectivity index is 1.51. The number of pyridine rings is 1. The highest BCUT2D eigenvalue weighted by atomic mass is 79.9. The molecule has 0 radical (unpaired) electrons. The van der Waals surface area contributed by atoms with Gasteiger partial charge in [-0.3, -0.25) is 19.3 Å². The van der Waals surface area contributed by atoms with Crippen molar-refractivity contribution >= 4 is 51.2 Å². The lowest BCUT2D eigenvalue weighted by Gasteiger charge is -2.13. The molecule has 3 rings (SSSR count). The Morgan fingerprint density at radius 3 is 2.63 bits per heavy atom. The van der Waals surface area contributed by atoms with Gasteiger partial charge in [0, 0.05) is 41.9 Å². The van der Waals surface area contributed by atoms with Gasteiger partial charge in [-0.05, 0) is 52.7 Å². The molecule has 2 aromatic rings. The quantitative estimate of drug-likeness (QED) is 0.600. The van der Waals surface area contributed by atoms with Crippen LogP contribution in [0.25, 0.3) is 0 Å². The molecule has 156 valence electrons. The second kappa shape index (κ2) is 9.49. The summed E-state index contributed by atoms with van der Waals surface area (Å²) in [6.45, 7) is 0.258. The molecule has 1 aromatic heterocycles. The van der Waals surface area contributed by atoms with Crippen LogP contribution in [0.2, 0.25) is 0 Å². The van der Waals surface area contributed by atoms with Crippen LogP contribution < -0.4 is 10.6 Å². The summed E-state index contributed by atoms with van der Waals surface area (Å²) in [6.07, 6.45) is 2.07. The Hall–Kier alpha value is -3.27. The SMILES string of the molecule is CN1CC(=O)N(CCCC(=O)Nc2cccc(C(=O)Nc3ccc(Br)cn3)c2)C1=O. The van der Waals surface area contributed by atoms with E-state index >= 15 is 0 Å². The van der Waals surface area contributed by atoms with Gasteiger partial charge in [0.1, 0.15) is 12.4 Å². The number of aromatic nitrogens is 1. The minimum absolute atomic E-state index is 0.0651. The van der Waals surface area contributed by atoms with E-state index in [2.05, 4.69) is 31.5 Å². The fourth-order valence-electron chi connectivity index (χ4n) is 2.89. The fraction of sp³-hybridized carbons (Fsp3) is 0.250. The van der Waals surface area contributed by atoms with Crippen LogP contribution in [-0.2, 0) is 9.59 Å². The van der Waals surface area contributed by atoms with Gasteiger partial charge >= 0.3 is 6.03 Å². The Bertz CT molecular complexity index is 979. The van der Waals surface area contributed by atoms with Crippen molar-refractivity contribution < 1.29 is 19.2 Å². The van der Waals surface area contributed by atoms with Crippen LogP contribution in [0.4, 0.5) is 16.3 Å². The van der Waals surface area contributed by atoms with Gasteiger partial charge < -0.3 is 15.5 Å². The lowest BCUT2D eigenvalue weighted by Crippen LogP contribution is -2.32. The monoisotopic (exact) mass is 473 g/mol. The largest absolute Gasteiger partial charge is 0.326 e. The molecule has 1 aliphatic rings. The molecule has 0 bridgehead atoms. The van der Waals surface area contributed by atoms with Crippen molar-refractivity contribution in [2.45, 2.75) is 12.8 Å². The molecule has 30 heavy (non-hydrogen) atoms. The standard InChI is InChI=1S/C20H20BrN5O4/c1-25-12-18(28)26(20(25)30)9-3-6-17(27)23-15-5-2-4-13(10-15)19(29)24-16-8-7-14(21)11-22-16/h2,4-5,7-8,10-11H,3,6,9,12H2,1H3,(H,23,27)(H,22,24,29). The molecule has 1 saturated heterocycles. The Kier molecular flexibility index (Phi) is 6.78. The first kappa shape index (κ1) is 21.4. The first-order valence-electron chi connectivity index (χ1n) is 9.22. The molecule has 2 N–H and O–H groups in total. The fourth-order valence-corrected chi connectivity index (χ4v) is 3.12. The van der Waals surface area contributed by atoms with E-state index < -0.39 is 0 Å². The van der Waals surface area contributed by atoms with Crippen molar-refractivity contribution in [3.63, 3.8) is 0 Å². The highest BCUT2D eigenvalue weighted by Crippen LogP contribution is 2.15. The van der Waals surface area contributed by atoms with Crippen LogP contribution >= 0.6 is 15.9 Å². The van der Waals surface area contributed by atoms with Gasteiger partial charge in [-0.15, -0.1) is 0 Å². The number of amides is 5. The van der Waals surface area contributed by atoms with E-state index in [9.17, 15) is 19.2 Å². The van der Waals surface area contributed by atoms with Gasteiger partial charge in [0.2, 0.25) is 11.8 Å². The minimum Gasteiger partial charge on any atom is -0.326 e. The molecule has 1 aliphatic heterocycles. The summed E-state index contributed by atoms with van der Waals surface area (Å²) < 4.78 is 0.802. The maximum Gasteiger partial charge on any atom is 0.326 e. The van der Waals surface area contributed by atoms with Crippen molar-refractivity contribution in [1.29, 1.82) is 0 Å². The summed E-state index contributed by atoms with van der Waals surface area (Å²) in [4.78, 5) is 54.7. The maximum absolute atomic E-state index is 12.4. The van der Waals surface area contributed by atoms with E-state index in [4.69, 9.17) is 0 Å². The van der Waals surface area contributed by atoms with Gasteiger partial charge in [-0.1, -0.05) is 6.07 Å². The second-order valence-electron chi connectivity index (χ2n) is 6.73. The van der Waals surface area contributed by atoms with E-state index in [0.29, 0.717) is 23.5 Å². The molecule has 0 spiro atoms. The number of nitrogens with one attached hydrogen (secondary N) is 2. The Morgan fingerprint density at radius 2 is 1.97 bits per heavy atom. The van der Waals surface area contributed by atoms with E-state index in [-0.39, 0.29) is 43.3 Å². The van der Waals surface area contributed by atoms with Crippen molar-refractivity contribution in [3.8, 4) is 0 Å². The maximum atomic E-state index is 12.4. The van der Waals surface area contributed by atoms with Crippen molar-refractivity contribution in [3.05, 3.63) is 52.6 Å². The first-order valence-corrected chi connectivity index (χ1v) is 10.0. The van der Waals surface area contributed by atoms with Crippen LogP contribution in [0.3, 0.4) is 0 Å². The van der Waals surface area contributed by atoms with Gasteiger partial charge in [-0.2, -0.15) is 0 Å². The van der Waals surface area contributed by atoms with E-state index in [1.54, 1.807) is 49.6 Å². The van der Waals surface area contributed by atoms with Crippen molar-refractivity contribution in [1.82, 2.24) is 14.8 Å². The van der Waals surface area contributed by atoms with Crippen molar-refractivity contribution in [2.24, 2.45) is 0 Å². The van der Waals surface area contributed by atoms with Crippen molar-refractivity contribution in [2.75, 3.05) is 30.8 Å². The molecule has 0 saturated carbocycles. The number of imide groups is 1. The highest BCUT2D eigenvalue weighted by Gasteiger charge is 2.32. The Labute approximate surface area is 181 Å². The molecule has 0 atom stereocenters. The number of benzene rings is 1. The molecule has 1 aromatic carbocycles. The van der Waals surface area contributed by atoms with Gasteiger partial charge in [-0.25, -0.2) is 9.78 Å². The molecule has 9 nitrogen and oxygen atoms in total. The average Bonchev–Trinajstić information content (AvgIpc) is 2.96. The zero-order chi connectivity index (χ0) is 21.7. The number of carbonyl (C=O) groups excluding carboxylic acids is 4. The number of likely N-dealkylation sites (N-methyl/N-ethyl adjacent to an activating group) is 1. The molecular weight excluding hydrogens is 454 g/mol. The van der Waals surface area contributed by atoms with Gasteiger partial charge in [0.05, 0.1) is 0 Å². The Morgan fingerprint density at radius 1 is 1.17 bits per heavy atom. The number of halogens is 1. The predicted molar refractivity (Wildman–Crippen MR) is 114 cm³/mol. The van der Waals surface area contributed by atoms with Crippen LogP contribution in [0.5, 0.6) is 0 Å². The van der Waals surface area contributed by atoms with Crippen LogP contribution in [0, 0.1) is 0 Å². The molecule has 5 amide bonds. The number of nitrogens with zero attached hydrogens (tertiary/aromatic N) is 3. The van der Waals surface area contributed by atoms with Gasteiger partial charge in [0.15, 0.2) is 0 Å². The zero-order valence-electron chi connectivity index (χ0n) is 16.2. The summed E-state index contributed by atoms with van der Waals surface area (Å²) >= 11 is 3.28. The minimum atomic E-state index is -0.351. The average molecular weight is 474 g/mol. The third kappa shape index (κ3) is 5.41. The first-order chi connectivity index (χ1) is 14.3. The number of carbonyl (C=O) groups is 4. The molecular formula is C20H20BrN5O4. The van der Waals surface area contributed by atoms with Crippen LogP contribution in [-0.4, -0.2) is 58.7 Å². The third-order valence-corrected chi connectivity index (χ3v) is 4.86. The van der Waals surface area contributed by atoms with Crippen LogP contribution in [0.15, 0.2) is 47.1 Å². The van der Waals surface area contributed by atoms with E-state index in [0.717, 1.165) is 9.37 Å². The molecule has 10 heteroatoms. The number of hydrogen-bond acceptors (Lipinski definition) is 5. The molecule has 0 unspecified atom stereocenters. The molecule has 0 aliphatic carbocycles. The summed E-state index contributed by atoms with van der Waals surface area (Å²) in [5, 5.41) is 5.41. The predicted octanol–water partition coefficient (Wildman–Crippen LogP) is 2.71. The number of anilines is 2.